The number of halogens is 1. The van der Waals surface area contributed by atoms with Crippen molar-refractivity contribution in [3.8, 4) is 0 Å². The van der Waals surface area contributed by atoms with Gasteiger partial charge >= 0.3 is 0 Å². The lowest BCUT2D eigenvalue weighted by molar-refractivity contribution is 0.934. The number of nitrogens with zero attached hydrogens (tertiary/aromatic N) is 1. The molecule has 20 heavy (non-hydrogen) atoms. The topological polar surface area (TPSA) is 45.8 Å². The van der Waals surface area contributed by atoms with Gasteiger partial charge in [0.2, 0.25) is 0 Å². The molecule has 0 amide bonds. The number of aromatic amines is 1. The Morgan fingerprint density at radius 3 is 2.75 bits per heavy atom. The third-order valence-electron chi connectivity index (χ3n) is 3.34. The van der Waals surface area contributed by atoms with Gasteiger partial charge in [-0.2, -0.15) is 5.10 Å². The number of benzene rings is 2. The first-order valence-corrected chi connectivity index (χ1v) is 6.74. The van der Waals surface area contributed by atoms with Gasteiger partial charge in [-0.15, -0.1) is 0 Å². The van der Waals surface area contributed by atoms with E-state index in [0.29, 0.717) is 16.8 Å². The van der Waals surface area contributed by atoms with Crippen LogP contribution in [0.4, 0.5) is 0 Å². The van der Waals surface area contributed by atoms with E-state index in [1.165, 1.54) is 0 Å². The summed E-state index contributed by atoms with van der Waals surface area (Å²) in [7, 11) is 0. The van der Waals surface area contributed by atoms with Crippen LogP contribution in [-0.2, 0) is 6.42 Å². The van der Waals surface area contributed by atoms with Gasteiger partial charge in [-0.05, 0) is 30.7 Å². The summed E-state index contributed by atoms with van der Waals surface area (Å²) in [6.07, 6.45) is 0.594. The van der Waals surface area contributed by atoms with Crippen LogP contribution in [0.15, 0.2) is 47.3 Å². The van der Waals surface area contributed by atoms with Gasteiger partial charge in [0.1, 0.15) is 0 Å². The van der Waals surface area contributed by atoms with Crippen molar-refractivity contribution in [2.45, 2.75) is 13.3 Å². The van der Waals surface area contributed by atoms with Crippen molar-refractivity contribution in [1.29, 1.82) is 0 Å². The first-order valence-electron chi connectivity index (χ1n) is 6.36. The number of hydrogen-bond acceptors (Lipinski definition) is 2. The summed E-state index contributed by atoms with van der Waals surface area (Å²) < 4.78 is 0. The highest BCUT2D eigenvalue weighted by molar-refractivity contribution is 6.31. The third kappa shape index (κ3) is 2.32. The Labute approximate surface area is 121 Å². The molecule has 0 aliphatic rings. The maximum absolute atomic E-state index is 11.8. The summed E-state index contributed by atoms with van der Waals surface area (Å²) in [6.45, 7) is 2.00. The van der Waals surface area contributed by atoms with Gasteiger partial charge in [-0.1, -0.05) is 41.4 Å². The van der Waals surface area contributed by atoms with Crippen molar-refractivity contribution in [3.63, 3.8) is 0 Å². The van der Waals surface area contributed by atoms with Crippen LogP contribution in [0.25, 0.3) is 10.8 Å². The molecule has 3 aromatic rings. The average Bonchev–Trinajstić information content (AvgIpc) is 2.44. The Morgan fingerprint density at radius 1 is 1.15 bits per heavy atom. The van der Waals surface area contributed by atoms with Crippen LogP contribution in [-0.4, -0.2) is 10.2 Å². The van der Waals surface area contributed by atoms with E-state index in [4.69, 9.17) is 11.6 Å². The summed E-state index contributed by atoms with van der Waals surface area (Å²) in [5, 5.41) is 8.99. The van der Waals surface area contributed by atoms with E-state index in [1.807, 2.05) is 49.4 Å². The van der Waals surface area contributed by atoms with E-state index in [9.17, 15) is 4.79 Å². The minimum Gasteiger partial charge on any atom is -0.267 e. The van der Waals surface area contributed by atoms with Crippen LogP contribution in [0.1, 0.15) is 16.8 Å². The van der Waals surface area contributed by atoms with Crippen molar-refractivity contribution in [2.75, 3.05) is 0 Å². The second kappa shape index (κ2) is 5.10. The molecular formula is C16H13ClN2O. The molecule has 0 atom stereocenters. The monoisotopic (exact) mass is 284 g/mol. The molecule has 0 saturated heterocycles. The Hall–Kier alpha value is -2.13. The minimum atomic E-state index is -0.164. The maximum Gasteiger partial charge on any atom is 0.272 e. The molecule has 1 heterocycles. The molecule has 100 valence electrons. The smallest absolute Gasteiger partial charge is 0.267 e. The molecule has 3 rings (SSSR count). The molecule has 0 unspecified atom stereocenters. The largest absolute Gasteiger partial charge is 0.272 e. The SMILES string of the molecule is Cc1ccc2c(=O)[nH]nc(Cc3ccccc3Cl)c2c1. The van der Waals surface area contributed by atoms with Gasteiger partial charge in [0, 0.05) is 16.8 Å². The Kier molecular flexibility index (Phi) is 3.28. The van der Waals surface area contributed by atoms with Gasteiger partial charge in [0.15, 0.2) is 0 Å². The molecule has 1 aromatic heterocycles. The molecule has 4 heteroatoms. The van der Waals surface area contributed by atoms with Gasteiger partial charge in [0.05, 0.1) is 11.1 Å². The molecule has 0 bridgehead atoms. The van der Waals surface area contributed by atoms with E-state index in [-0.39, 0.29) is 5.56 Å². The van der Waals surface area contributed by atoms with E-state index < -0.39 is 0 Å². The number of H-pyrrole nitrogens is 1. The number of rotatable bonds is 2. The van der Waals surface area contributed by atoms with Crippen LogP contribution in [0.5, 0.6) is 0 Å². The van der Waals surface area contributed by atoms with Crippen molar-refractivity contribution in [3.05, 3.63) is 74.7 Å². The van der Waals surface area contributed by atoms with Crippen LogP contribution in [0, 0.1) is 6.92 Å². The normalized spacial score (nSPS) is 10.9. The first-order chi connectivity index (χ1) is 9.65. The quantitative estimate of drug-likeness (QED) is 0.783. The minimum absolute atomic E-state index is 0.164. The molecule has 0 fully saturated rings. The number of hydrogen-bond donors (Lipinski definition) is 1. The second-order valence-corrected chi connectivity index (χ2v) is 5.22. The van der Waals surface area contributed by atoms with Crippen molar-refractivity contribution < 1.29 is 0 Å². The highest BCUT2D eigenvalue weighted by Gasteiger charge is 2.09. The molecule has 0 aliphatic carbocycles. The zero-order valence-electron chi connectivity index (χ0n) is 11.0. The number of fused-ring (bicyclic) bond motifs is 1. The summed E-state index contributed by atoms with van der Waals surface area (Å²) in [5.41, 5.74) is 2.76. The van der Waals surface area contributed by atoms with Gasteiger partial charge in [-0.25, -0.2) is 5.10 Å². The lowest BCUT2D eigenvalue weighted by Crippen LogP contribution is -2.11. The standard InChI is InChI=1S/C16H13ClN2O/c1-10-6-7-12-13(8-10)15(18-19-16(12)20)9-11-4-2-3-5-14(11)17/h2-8H,9H2,1H3,(H,19,20). The molecule has 0 aliphatic heterocycles. The van der Waals surface area contributed by atoms with Crippen LogP contribution < -0.4 is 5.56 Å². The van der Waals surface area contributed by atoms with Crippen molar-refractivity contribution >= 4 is 22.4 Å². The van der Waals surface area contributed by atoms with Gasteiger partial charge in [0.25, 0.3) is 5.56 Å². The second-order valence-electron chi connectivity index (χ2n) is 4.82. The first kappa shape index (κ1) is 12.9. The third-order valence-corrected chi connectivity index (χ3v) is 3.71. The number of nitrogens with one attached hydrogen (secondary N) is 1. The lowest BCUT2D eigenvalue weighted by atomic mass is 10.0. The fourth-order valence-corrected chi connectivity index (χ4v) is 2.49. The number of aromatic nitrogens is 2. The Balaban J connectivity index is 2.17. The predicted molar refractivity (Wildman–Crippen MR) is 81.4 cm³/mol. The van der Waals surface area contributed by atoms with Crippen LogP contribution in [0.3, 0.4) is 0 Å². The molecule has 2 aromatic carbocycles. The average molecular weight is 285 g/mol. The Morgan fingerprint density at radius 2 is 1.95 bits per heavy atom. The van der Waals surface area contributed by atoms with Crippen LogP contribution in [0.2, 0.25) is 5.02 Å². The van der Waals surface area contributed by atoms with Gasteiger partial charge in [-0.3, -0.25) is 4.79 Å². The predicted octanol–water partition coefficient (Wildman–Crippen LogP) is 3.48. The molecule has 0 saturated carbocycles. The highest BCUT2D eigenvalue weighted by Crippen LogP contribution is 2.22. The molecule has 1 N–H and O–H groups in total. The summed E-state index contributed by atoms with van der Waals surface area (Å²) in [4.78, 5) is 11.8. The van der Waals surface area contributed by atoms with Crippen molar-refractivity contribution in [1.82, 2.24) is 10.2 Å². The van der Waals surface area contributed by atoms with Crippen molar-refractivity contribution in [2.24, 2.45) is 0 Å². The molecule has 0 radical (unpaired) electrons. The molecular weight excluding hydrogens is 272 g/mol. The highest BCUT2D eigenvalue weighted by atomic mass is 35.5. The number of aryl methyl sites for hydroxylation is 1. The summed E-state index contributed by atoms with van der Waals surface area (Å²) in [6, 6.07) is 13.4. The van der Waals surface area contributed by atoms with E-state index >= 15 is 0 Å². The fraction of sp³-hybridized carbons (Fsp3) is 0.125. The fourth-order valence-electron chi connectivity index (χ4n) is 2.29. The zero-order chi connectivity index (χ0) is 14.1. The molecule has 3 nitrogen and oxygen atoms in total. The lowest BCUT2D eigenvalue weighted by Gasteiger charge is -2.07. The van der Waals surface area contributed by atoms with E-state index in [0.717, 1.165) is 22.2 Å². The summed E-state index contributed by atoms with van der Waals surface area (Å²) >= 11 is 6.19. The zero-order valence-corrected chi connectivity index (χ0v) is 11.7. The summed E-state index contributed by atoms with van der Waals surface area (Å²) in [5.74, 6) is 0. The Bertz CT molecular complexity index is 839. The van der Waals surface area contributed by atoms with E-state index in [2.05, 4.69) is 10.2 Å². The van der Waals surface area contributed by atoms with Crippen LogP contribution >= 0.6 is 11.6 Å². The molecule has 0 spiro atoms. The maximum atomic E-state index is 11.8. The van der Waals surface area contributed by atoms with Gasteiger partial charge < -0.3 is 0 Å². The van der Waals surface area contributed by atoms with E-state index in [1.54, 1.807) is 0 Å².